The van der Waals surface area contributed by atoms with Crippen LogP contribution in [-0.2, 0) is 6.54 Å². The Labute approximate surface area is 121 Å². The maximum Gasteiger partial charge on any atom is 0.161 e. The zero-order valence-electron chi connectivity index (χ0n) is 11.7. The number of nitrogens with two attached hydrogens (primary N) is 1. The lowest BCUT2D eigenvalue weighted by Crippen LogP contribution is -2.34. The van der Waals surface area contributed by atoms with Crippen LogP contribution in [0.1, 0.15) is 24.3 Å². The molecule has 0 amide bonds. The Bertz CT molecular complexity index is 587. The molecule has 2 N–H and O–H groups in total. The van der Waals surface area contributed by atoms with Crippen molar-refractivity contribution in [3.8, 4) is 0 Å². The zero-order chi connectivity index (χ0) is 15.4. The molecule has 0 spiro atoms. The van der Waals surface area contributed by atoms with E-state index in [0.717, 1.165) is 6.07 Å². The van der Waals surface area contributed by atoms with Crippen LogP contribution in [0.25, 0.3) is 0 Å². The first kappa shape index (κ1) is 15.6. The summed E-state index contributed by atoms with van der Waals surface area (Å²) in [5, 5.41) is 0. The molecular formula is C15H17F3N2O. The number of hydrogen-bond acceptors (Lipinski definition) is 3. The van der Waals surface area contributed by atoms with Gasteiger partial charge in [-0.3, -0.25) is 4.90 Å². The van der Waals surface area contributed by atoms with Gasteiger partial charge < -0.3 is 10.2 Å². The predicted octanol–water partition coefficient (Wildman–Crippen LogP) is 3.22. The van der Waals surface area contributed by atoms with Crippen LogP contribution in [0.15, 0.2) is 34.9 Å². The van der Waals surface area contributed by atoms with Gasteiger partial charge in [-0.15, -0.1) is 0 Å². The highest BCUT2D eigenvalue weighted by atomic mass is 19.2. The largest absolute Gasteiger partial charge is 0.468 e. The van der Waals surface area contributed by atoms with Gasteiger partial charge in [0.2, 0.25) is 0 Å². The Hall–Kier alpha value is -1.79. The van der Waals surface area contributed by atoms with E-state index in [2.05, 4.69) is 0 Å². The van der Waals surface area contributed by atoms with E-state index in [1.807, 2.05) is 11.8 Å². The highest BCUT2D eigenvalue weighted by Gasteiger charge is 2.23. The van der Waals surface area contributed by atoms with Crippen molar-refractivity contribution in [3.05, 3.63) is 59.3 Å². The van der Waals surface area contributed by atoms with Crippen molar-refractivity contribution in [3.63, 3.8) is 0 Å². The summed E-state index contributed by atoms with van der Waals surface area (Å²) < 4.78 is 45.6. The summed E-state index contributed by atoms with van der Waals surface area (Å²) in [5.41, 5.74) is 5.76. The fraction of sp³-hybridized carbons (Fsp3) is 0.333. The van der Waals surface area contributed by atoms with E-state index >= 15 is 0 Å². The number of hydrogen-bond donors (Lipinski definition) is 1. The Morgan fingerprint density at radius 3 is 2.48 bits per heavy atom. The molecule has 1 aromatic carbocycles. The van der Waals surface area contributed by atoms with Crippen LogP contribution >= 0.6 is 0 Å². The fourth-order valence-electron chi connectivity index (χ4n) is 2.31. The third kappa shape index (κ3) is 3.46. The molecule has 0 aliphatic rings. The molecule has 1 unspecified atom stereocenters. The molecule has 0 saturated carbocycles. The van der Waals surface area contributed by atoms with Crippen molar-refractivity contribution in [2.45, 2.75) is 19.5 Å². The maximum absolute atomic E-state index is 13.9. The summed E-state index contributed by atoms with van der Waals surface area (Å²) in [6.45, 7) is 2.92. The van der Waals surface area contributed by atoms with Gasteiger partial charge in [0.05, 0.1) is 18.8 Å². The van der Waals surface area contributed by atoms with Gasteiger partial charge in [-0.05, 0) is 24.7 Å². The molecule has 0 aliphatic heterocycles. The van der Waals surface area contributed by atoms with Gasteiger partial charge in [-0.2, -0.15) is 0 Å². The summed E-state index contributed by atoms with van der Waals surface area (Å²) in [7, 11) is 0. The lowest BCUT2D eigenvalue weighted by atomic mass is 10.0. The van der Waals surface area contributed by atoms with Crippen molar-refractivity contribution >= 4 is 0 Å². The molecular weight excluding hydrogens is 281 g/mol. The second kappa shape index (κ2) is 6.78. The second-order valence-corrected chi connectivity index (χ2v) is 4.68. The molecule has 1 atom stereocenters. The number of rotatable bonds is 6. The molecule has 2 rings (SSSR count). The maximum atomic E-state index is 13.9. The fourth-order valence-corrected chi connectivity index (χ4v) is 2.31. The predicted molar refractivity (Wildman–Crippen MR) is 72.9 cm³/mol. The molecule has 21 heavy (non-hydrogen) atoms. The number of halogens is 3. The lowest BCUT2D eigenvalue weighted by molar-refractivity contribution is 0.184. The highest BCUT2D eigenvalue weighted by Crippen LogP contribution is 2.26. The standard InChI is InChI=1S/C15H17F3N2O/c1-2-20(9-10-4-3-5-21-10)15(8-19)11-6-13(17)14(18)7-12(11)16/h3-7,15H,2,8-9,19H2,1H3. The van der Waals surface area contributed by atoms with Gasteiger partial charge in [0, 0.05) is 18.2 Å². The third-order valence-electron chi connectivity index (χ3n) is 3.41. The SMILES string of the molecule is CCN(Cc1ccco1)C(CN)c1cc(F)c(F)cc1F. The molecule has 0 aliphatic carbocycles. The molecule has 3 nitrogen and oxygen atoms in total. The van der Waals surface area contributed by atoms with Crippen LogP contribution < -0.4 is 5.73 Å². The minimum Gasteiger partial charge on any atom is -0.468 e. The first-order chi connectivity index (χ1) is 10.1. The average Bonchev–Trinajstić information content (AvgIpc) is 2.96. The Morgan fingerprint density at radius 2 is 1.90 bits per heavy atom. The topological polar surface area (TPSA) is 42.4 Å². The van der Waals surface area contributed by atoms with Crippen molar-refractivity contribution in [1.82, 2.24) is 4.90 Å². The average molecular weight is 298 g/mol. The molecule has 2 aromatic rings. The van der Waals surface area contributed by atoms with Gasteiger partial charge in [0.1, 0.15) is 11.6 Å². The molecule has 0 saturated heterocycles. The Balaban J connectivity index is 2.30. The van der Waals surface area contributed by atoms with Crippen molar-refractivity contribution in [2.75, 3.05) is 13.1 Å². The molecule has 0 fully saturated rings. The first-order valence-electron chi connectivity index (χ1n) is 6.67. The molecule has 1 heterocycles. The van der Waals surface area contributed by atoms with E-state index in [0.29, 0.717) is 24.9 Å². The van der Waals surface area contributed by atoms with Crippen LogP contribution in [0.5, 0.6) is 0 Å². The molecule has 1 aromatic heterocycles. The Kier molecular flexibility index (Phi) is 5.03. The van der Waals surface area contributed by atoms with Gasteiger partial charge in [0.15, 0.2) is 11.6 Å². The molecule has 0 bridgehead atoms. The highest BCUT2D eigenvalue weighted by molar-refractivity contribution is 5.24. The van der Waals surface area contributed by atoms with E-state index in [-0.39, 0.29) is 12.1 Å². The van der Waals surface area contributed by atoms with Crippen molar-refractivity contribution in [2.24, 2.45) is 5.73 Å². The minimum absolute atomic E-state index is 0.0461. The van der Waals surface area contributed by atoms with Crippen LogP contribution in [-0.4, -0.2) is 18.0 Å². The second-order valence-electron chi connectivity index (χ2n) is 4.68. The van der Waals surface area contributed by atoms with Crippen LogP contribution in [0.3, 0.4) is 0 Å². The van der Waals surface area contributed by atoms with Gasteiger partial charge in [-0.1, -0.05) is 6.92 Å². The summed E-state index contributed by atoms with van der Waals surface area (Å²) in [6, 6.07) is 4.40. The van der Waals surface area contributed by atoms with Gasteiger partial charge >= 0.3 is 0 Å². The number of nitrogens with zero attached hydrogens (tertiary/aromatic N) is 1. The van der Waals surface area contributed by atoms with E-state index in [4.69, 9.17) is 10.2 Å². The van der Waals surface area contributed by atoms with Crippen molar-refractivity contribution in [1.29, 1.82) is 0 Å². The number of furan rings is 1. The minimum atomic E-state index is -1.21. The van der Waals surface area contributed by atoms with E-state index in [9.17, 15) is 13.2 Å². The Morgan fingerprint density at radius 1 is 1.19 bits per heavy atom. The molecule has 114 valence electrons. The van der Waals surface area contributed by atoms with E-state index in [1.165, 1.54) is 0 Å². The molecule has 0 radical (unpaired) electrons. The number of benzene rings is 1. The van der Waals surface area contributed by atoms with Crippen LogP contribution in [0.4, 0.5) is 13.2 Å². The normalized spacial score (nSPS) is 12.9. The van der Waals surface area contributed by atoms with Crippen LogP contribution in [0.2, 0.25) is 0 Å². The van der Waals surface area contributed by atoms with Gasteiger partial charge in [0.25, 0.3) is 0 Å². The summed E-state index contributed by atoms with van der Waals surface area (Å²) >= 11 is 0. The summed E-state index contributed by atoms with van der Waals surface area (Å²) in [5.74, 6) is -2.40. The molecule has 6 heteroatoms. The monoisotopic (exact) mass is 298 g/mol. The van der Waals surface area contributed by atoms with E-state index < -0.39 is 23.5 Å². The summed E-state index contributed by atoms with van der Waals surface area (Å²) in [4.78, 5) is 1.84. The van der Waals surface area contributed by atoms with Gasteiger partial charge in [-0.25, -0.2) is 13.2 Å². The van der Waals surface area contributed by atoms with E-state index in [1.54, 1.807) is 18.4 Å². The smallest absolute Gasteiger partial charge is 0.161 e. The quantitative estimate of drug-likeness (QED) is 0.833. The third-order valence-corrected chi connectivity index (χ3v) is 3.41. The van der Waals surface area contributed by atoms with Crippen molar-refractivity contribution < 1.29 is 17.6 Å². The zero-order valence-corrected chi connectivity index (χ0v) is 11.7. The lowest BCUT2D eigenvalue weighted by Gasteiger charge is -2.29. The van der Waals surface area contributed by atoms with Crippen LogP contribution in [0, 0.1) is 17.5 Å². The first-order valence-corrected chi connectivity index (χ1v) is 6.67. The number of likely N-dealkylation sites (N-methyl/N-ethyl adjacent to an activating group) is 1. The summed E-state index contributed by atoms with van der Waals surface area (Å²) in [6.07, 6.45) is 1.54.